The predicted molar refractivity (Wildman–Crippen MR) is 71.1 cm³/mol. The van der Waals surface area contributed by atoms with Gasteiger partial charge in [0.25, 0.3) is 0 Å². The van der Waals surface area contributed by atoms with E-state index in [-0.39, 0.29) is 5.82 Å². The van der Waals surface area contributed by atoms with Gasteiger partial charge in [-0.3, -0.25) is 0 Å². The number of carbonyl (C=O) groups is 1. The molecule has 0 saturated heterocycles. The fraction of sp³-hybridized carbons (Fsp3) is 0.0714. The zero-order valence-electron chi connectivity index (χ0n) is 9.68. The van der Waals surface area contributed by atoms with Crippen molar-refractivity contribution < 1.29 is 14.3 Å². The lowest BCUT2D eigenvalue weighted by atomic mass is 10.1. The smallest absolute Gasteiger partial charge is 0.328 e. The second-order valence-corrected chi connectivity index (χ2v) is 4.95. The first-order valence-electron chi connectivity index (χ1n) is 5.33. The number of benzene rings is 1. The maximum atomic E-state index is 13.2. The maximum Gasteiger partial charge on any atom is 0.328 e. The standard InChI is InChI=1S/C14H11FO2S/c1-9-2-3-10(15)8-12(9)13-6-4-11(18-13)5-7-14(16)17/h2-8H,1H3,(H,16,17)/b7-5+. The van der Waals surface area contributed by atoms with Crippen LogP contribution in [0.25, 0.3) is 16.5 Å². The number of hydrogen-bond donors (Lipinski definition) is 1. The Morgan fingerprint density at radius 1 is 1.33 bits per heavy atom. The molecule has 0 saturated carbocycles. The van der Waals surface area contributed by atoms with Crippen LogP contribution in [0.15, 0.2) is 36.4 Å². The molecule has 2 rings (SSSR count). The normalized spacial score (nSPS) is 11.0. The molecule has 2 nitrogen and oxygen atoms in total. The zero-order chi connectivity index (χ0) is 13.1. The van der Waals surface area contributed by atoms with E-state index in [9.17, 15) is 9.18 Å². The first-order valence-corrected chi connectivity index (χ1v) is 6.15. The highest BCUT2D eigenvalue weighted by Gasteiger charge is 2.06. The van der Waals surface area contributed by atoms with E-state index in [1.165, 1.54) is 29.5 Å². The number of carboxylic acids is 1. The fourth-order valence-electron chi connectivity index (χ4n) is 1.60. The number of halogens is 1. The van der Waals surface area contributed by atoms with E-state index in [1.807, 2.05) is 19.1 Å². The Morgan fingerprint density at radius 3 is 2.83 bits per heavy atom. The van der Waals surface area contributed by atoms with Gasteiger partial charge in [0.15, 0.2) is 0 Å². The first kappa shape index (κ1) is 12.5. The van der Waals surface area contributed by atoms with Crippen LogP contribution in [0.3, 0.4) is 0 Å². The van der Waals surface area contributed by atoms with Crippen LogP contribution in [-0.4, -0.2) is 11.1 Å². The molecule has 0 atom stereocenters. The van der Waals surface area contributed by atoms with Gasteiger partial charge in [-0.1, -0.05) is 6.07 Å². The topological polar surface area (TPSA) is 37.3 Å². The van der Waals surface area contributed by atoms with Crippen molar-refractivity contribution in [1.82, 2.24) is 0 Å². The van der Waals surface area contributed by atoms with Gasteiger partial charge in [0.1, 0.15) is 5.82 Å². The van der Waals surface area contributed by atoms with Crippen molar-refractivity contribution in [3.63, 3.8) is 0 Å². The molecular weight excluding hydrogens is 251 g/mol. The summed E-state index contributed by atoms with van der Waals surface area (Å²) in [5.41, 5.74) is 1.84. The van der Waals surface area contributed by atoms with Crippen molar-refractivity contribution >= 4 is 23.4 Å². The highest BCUT2D eigenvalue weighted by Crippen LogP contribution is 2.31. The summed E-state index contributed by atoms with van der Waals surface area (Å²) in [6.07, 6.45) is 2.62. The van der Waals surface area contributed by atoms with Crippen molar-refractivity contribution in [3.05, 3.63) is 52.7 Å². The lowest BCUT2D eigenvalue weighted by molar-refractivity contribution is -0.131. The number of carboxylic acid groups (broad SMARTS) is 1. The van der Waals surface area contributed by atoms with E-state index >= 15 is 0 Å². The molecule has 4 heteroatoms. The van der Waals surface area contributed by atoms with Crippen LogP contribution in [0, 0.1) is 12.7 Å². The number of hydrogen-bond acceptors (Lipinski definition) is 2. The van der Waals surface area contributed by atoms with Crippen LogP contribution in [-0.2, 0) is 4.79 Å². The van der Waals surface area contributed by atoms with Gasteiger partial charge >= 0.3 is 5.97 Å². The Hall–Kier alpha value is -1.94. The minimum Gasteiger partial charge on any atom is -0.478 e. The van der Waals surface area contributed by atoms with Crippen molar-refractivity contribution in [2.24, 2.45) is 0 Å². The highest BCUT2D eigenvalue weighted by molar-refractivity contribution is 7.16. The van der Waals surface area contributed by atoms with Gasteiger partial charge in [0, 0.05) is 15.8 Å². The van der Waals surface area contributed by atoms with Crippen molar-refractivity contribution in [1.29, 1.82) is 0 Å². The minimum atomic E-state index is -0.980. The number of aryl methyl sites for hydroxylation is 1. The molecule has 0 fully saturated rings. The van der Waals surface area contributed by atoms with Gasteiger partial charge in [-0.15, -0.1) is 11.3 Å². The van der Waals surface area contributed by atoms with Crippen LogP contribution in [0.2, 0.25) is 0 Å². The predicted octanol–water partition coefficient (Wildman–Crippen LogP) is 3.96. The quantitative estimate of drug-likeness (QED) is 0.850. The third-order valence-corrected chi connectivity index (χ3v) is 3.57. The van der Waals surface area contributed by atoms with E-state index in [4.69, 9.17) is 5.11 Å². The summed E-state index contributed by atoms with van der Waals surface area (Å²) in [7, 11) is 0. The fourth-order valence-corrected chi connectivity index (χ4v) is 2.59. The molecule has 0 aliphatic rings. The molecule has 18 heavy (non-hydrogen) atoms. The van der Waals surface area contributed by atoms with Crippen molar-refractivity contribution in [2.45, 2.75) is 6.92 Å². The Bertz CT molecular complexity index is 614. The molecule has 2 aromatic rings. The summed E-state index contributed by atoms with van der Waals surface area (Å²) in [5.74, 6) is -1.25. The van der Waals surface area contributed by atoms with Crippen molar-refractivity contribution in [3.8, 4) is 10.4 Å². The maximum absolute atomic E-state index is 13.2. The summed E-state index contributed by atoms with van der Waals surface area (Å²) < 4.78 is 13.2. The summed E-state index contributed by atoms with van der Waals surface area (Å²) in [6.45, 7) is 1.92. The Morgan fingerprint density at radius 2 is 2.11 bits per heavy atom. The van der Waals surface area contributed by atoms with Crippen LogP contribution < -0.4 is 0 Å². The summed E-state index contributed by atoms with van der Waals surface area (Å²) in [6, 6.07) is 8.35. The summed E-state index contributed by atoms with van der Waals surface area (Å²) >= 11 is 1.43. The lowest BCUT2D eigenvalue weighted by Gasteiger charge is -2.02. The number of rotatable bonds is 3. The van der Waals surface area contributed by atoms with Crippen LogP contribution in [0.4, 0.5) is 4.39 Å². The first-order chi connectivity index (χ1) is 8.56. The van der Waals surface area contributed by atoms with E-state index in [1.54, 1.807) is 6.07 Å². The third-order valence-electron chi connectivity index (χ3n) is 2.48. The molecule has 1 N–H and O–H groups in total. The molecule has 0 spiro atoms. The molecule has 1 aromatic heterocycles. The van der Waals surface area contributed by atoms with Gasteiger partial charge in [0.05, 0.1) is 0 Å². The SMILES string of the molecule is Cc1ccc(F)cc1-c1ccc(/C=C/C(=O)O)s1. The molecular formula is C14H11FO2S. The zero-order valence-corrected chi connectivity index (χ0v) is 10.5. The van der Waals surface area contributed by atoms with Crippen LogP contribution in [0.1, 0.15) is 10.4 Å². The Labute approximate surface area is 108 Å². The van der Waals surface area contributed by atoms with Gasteiger partial charge in [-0.2, -0.15) is 0 Å². The average molecular weight is 262 g/mol. The molecule has 92 valence electrons. The molecule has 1 heterocycles. The van der Waals surface area contributed by atoms with Gasteiger partial charge < -0.3 is 5.11 Å². The molecule has 0 aliphatic carbocycles. The van der Waals surface area contributed by atoms with E-state index < -0.39 is 5.97 Å². The van der Waals surface area contributed by atoms with Gasteiger partial charge in [0.2, 0.25) is 0 Å². The monoisotopic (exact) mass is 262 g/mol. The van der Waals surface area contributed by atoms with E-state index in [0.29, 0.717) is 0 Å². The third kappa shape index (κ3) is 2.84. The van der Waals surface area contributed by atoms with E-state index in [0.717, 1.165) is 27.0 Å². The molecule has 1 aromatic carbocycles. The Kier molecular flexibility index (Phi) is 3.58. The number of thiophene rings is 1. The second-order valence-electron chi connectivity index (χ2n) is 3.83. The second kappa shape index (κ2) is 5.14. The number of aliphatic carboxylic acids is 1. The average Bonchev–Trinajstić information content (AvgIpc) is 2.78. The molecule has 0 radical (unpaired) electrons. The summed E-state index contributed by atoms with van der Waals surface area (Å²) in [5, 5.41) is 8.55. The minimum absolute atomic E-state index is 0.272. The molecule has 0 amide bonds. The van der Waals surface area contributed by atoms with Crippen LogP contribution in [0.5, 0.6) is 0 Å². The summed E-state index contributed by atoms with van der Waals surface area (Å²) in [4.78, 5) is 12.2. The van der Waals surface area contributed by atoms with Crippen molar-refractivity contribution in [2.75, 3.05) is 0 Å². The molecule has 0 bridgehead atoms. The lowest BCUT2D eigenvalue weighted by Crippen LogP contribution is -1.84. The van der Waals surface area contributed by atoms with Gasteiger partial charge in [-0.25, -0.2) is 9.18 Å². The van der Waals surface area contributed by atoms with Gasteiger partial charge in [-0.05, 0) is 48.4 Å². The van der Waals surface area contributed by atoms with Crippen LogP contribution >= 0.6 is 11.3 Å². The molecule has 0 aliphatic heterocycles. The van der Waals surface area contributed by atoms with E-state index in [2.05, 4.69) is 0 Å². The Balaban J connectivity index is 2.35. The highest BCUT2D eigenvalue weighted by atomic mass is 32.1. The largest absolute Gasteiger partial charge is 0.478 e. The molecule has 0 unspecified atom stereocenters.